The Hall–Kier alpha value is -4.40. The van der Waals surface area contributed by atoms with E-state index >= 15 is 0 Å². The summed E-state index contributed by atoms with van der Waals surface area (Å²) in [6.07, 6.45) is 1.53. The summed E-state index contributed by atoms with van der Waals surface area (Å²) in [5, 5.41) is 7.40. The number of hydrogen-bond acceptors (Lipinski definition) is 5. The van der Waals surface area contributed by atoms with E-state index in [1.54, 1.807) is 61.5 Å². The van der Waals surface area contributed by atoms with E-state index in [0.29, 0.717) is 34.1 Å². The number of rotatable bonds is 6. The minimum atomic E-state index is -1.36. The molecular weight excluding hydrogens is 451 g/mol. The number of ether oxygens (including phenoxy) is 1. The van der Waals surface area contributed by atoms with Crippen molar-refractivity contribution in [2.24, 2.45) is 0 Å². The highest BCUT2D eigenvalue weighted by molar-refractivity contribution is 6.12. The number of halogens is 1. The number of amides is 2. The number of para-hydroxylation sites is 2. The standard InChI is InChI=1S/C26H23FN4O4/c1-26(25(33)28-15-17-7-5-8-18(27)13-17)16-30-21(14-19(29-30)22-11-6-12-35-22)24(32)31(26)20-9-3-4-10-23(20)34-2/h3-14H,15-16H2,1-2H3,(H,28,33)/t26-/m1/s1. The summed E-state index contributed by atoms with van der Waals surface area (Å²) in [7, 11) is 1.51. The molecule has 8 nitrogen and oxygen atoms in total. The van der Waals surface area contributed by atoms with Crippen LogP contribution in [0.3, 0.4) is 0 Å². The van der Waals surface area contributed by atoms with Crippen molar-refractivity contribution in [3.8, 4) is 17.2 Å². The molecule has 0 spiro atoms. The van der Waals surface area contributed by atoms with Crippen molar-refractivity contribution in [3.63, 3.8) is 0 Å². The Kier molecular flexibility index (Phi) is 5.60. The minimum absolute atomic E-state index is 0.0851. The quantitative estimate of drug-likeness (QED) is 0.456. The second-order valence-electron chi connectivity index (χ2n) is 8.45. The Morgan fingerprint density at radius 1 is 1.17 bits per heavy atom. The molecule has 0 bridgehead atoms. The van der Waals surface area contributed by atoms with E-state index in [4.69, 9.17) is 9.15 Å². The van der Waals surface area contributed by atoms with Gasteiger partial charge in [-0.2, -0.15) is 5.10 Å². The van der Waals surface area contributed by atoms with Crippen LogP contribution in [-0.2, 0) is 17.9 Å². The molecule has 4 aromatic rings. The first-order valence-electron chi connectivity index (χ1n) is 11.0. The lowest BCUT2D eigenvalue weighted by Gasteiger charge is -2.43. The van der Waals surface area contributed by atoms with Gasteiger partial charge in [-0.05, 0) is 48.9 Å². The monoisotopic (exact) mass is 474 g/mol. The van der Waals surface area contributed by atoms with Crippen LogP contribution in [0.25, 0.3) is 11.5 Å². The SMILES string of the molecule is COc1ccccc1N1C(=O)c2cc(-c3ccco3)nn2C[C@]1(C)C(=O)NCc1cccc(F)c1. The fraction of sp³-hybridized carbons (Fsp3) is 0.192. The molecule has 0 radical (unpaired) electrons. The Morgan fingerprint density at radius 3 is 2.74 bits per heavy atom. The number of aromatic nitrogens is 2. The molecule has 35 heavy (non-hydrogen) atoms. The van der Waals surface area contributed by atoms with E-state index in [1.807, 2.05) is 0 Å². The molecule has 2 aromatic carbocycles. The average molecular weight is 474 g/mol. The maximum atomic E-state index is 13.9. The maximum absolute atomic E-state index is 13.9. The lowest BCUT2D eigenvalue weighted by Crippen LogP contribution is -2.64. The third-order valence-electron chi connectivity index (χ3n) is 6.08. The number of nitrogens with one attached hydrogen (secondary N) is 1. The molecule has 0 fully saturated rings. The smallest absolute Gasteiger partial charge is 0.277 e. The summed E-state index contributed by atoms with van der Waals surface area (Å²) < 4.78 is 26.1. The number of anilines is 1. The molecule has 2 aromatic heterocycles. The number of carbonyl (C=O) groups excluding carboxylic acids is 2. The number of furan rings is 1. The molecule has 0 aliphatic carbocycles. The molecule has 0 saturated carbocycles. The van der Waals surface area contributed by atoms with Crippen LogP contribution >= 0.6 is 0 Å². The topological polar surface area (TPSA) is 89.6 Å². The summed E-state index contributed by atoms with van der Waals surface area (Å²) in [4.78, 5) is 28.9. The van der Waals surface area contributed by atoms with Gasteiger partial charge in [-0.1, -0.05) is 24.3 Å². The average Bonchev–Trinajstić information content (AvgIpc) is 3.53. The van der Waals surface area contributed by atoms with Crippen LogP contribution in [0, 0.1) is 5.82 Å². The first kappa shape index (κ1) is 22.4. The number of fused-ring (bicyclic) bond motifs is 1. The molecule has 1 atom stereocenters. The predicted octanol–water partition coefficient (Wildman–Crippen LogP) is 4.03. The second-order valence-corrected chi connectivity index (χ2v) is 8.45. The maximum Gasteiger partial charge on any atom is 0.277 e. The van der Waals surface area contributed by atoms with Crippen LogP contribution in [0.1, 0.15) is 23.0 Å². The number of hydrogen-bond donors (Lipinski definition) is 1. The largest absolute Gasteiger partial charge is 0.495 e. The van der Waals surface area contributed by atoms with Crippen molar-refractivity contribution in [1.29, 1.82) is 0 Å². The molecule has 3 heterocycles. The number of benzene rings is 2. The van der Waals surface area contributed by atoms with E-state index in [-0.39, 0.29) is 13.1 Å². The van der Waals surface area contributed by atoms with Gasteiger partial charge in [0.05, 0.1) is 25.6 Å². The van der Waals surface area contributed by atoms with E-state index in [9.17, 15) is 14.0 Å². The molecule has 1 N–H and O–H groups in total. The Balaban J connectivity index is 1.56. The zero-order chi connectivity index (χ0) is 24.6. The molecule has 9 heteroatoms. The summed E-state index contributed by atoms with van der Waals surface area (Å²) >= 11 is 0. The Labute approximate surface area is 200 Å². The molecular formula is C26H23FN4O4. The second kappa shape index (κ2) is 8.75. The number of nitrogens with zero attached hydrogens (tertiary/aromatic N) is 3. The summed E-state index contributed by atoms with van der Waals surface area (Å²) in [6.45, 7) is 1.86. The van der Waals surface area contributed by atoms with Crippen LogP contribution in [0.5, 0.6) is 5.75 Å². The van der Waals surface area contributed by atoms with Crippen LogP contribution < -0.4 is 15.0 Å². The van der Waals surface area contributed by atoms with E-state index in [1.165, 1.54) is 35.1 Å². The van der Waals surface area contributed by atoms with E-state index < -0.39 is 23.2 Å². The molecule has 2 amide bonds. The number of carbonyl (C=O) groups is 2. The molecule has 1 aliphatic rings. The van der Waals surface area contributed by atoms with Crippen LogP contribution in [-0.4, -0.2) is 34.2 Å². The fourth-order valence-electron chi connectivity index (χ4n) is 4.34. The molecule has 0 saturated heterocycles. The lowest BCUT2D eigenvalue weighted by molar-refractivity contribution is -0.126. The van der Waals surface area contributed by atoms with Gasteiger partial charge in [0.2, 0.25) is 5.91 Å². The predicted molar refractivity (Wildman–Crippen MR) is 126 cm³/mol. The third-order valence-corrected chi connectivity index (χ3v) is 6.08. The zero-order valence-corrected chi connectivity index (χ0v) is 19.2. The minimum Gasteiger partial charge on any atom is -0.495 e. The van der Waals surface area contributed by atoms with Gasteiger partial charge in [0.25, 0.3) is 5.91 Å². The van der Waals surface area contributed by atoms with Crippen molar-refractivity contribution in [1.82, 2.24) is 15.1 Å². The van der Waals surface area contributed by atoms with Gasteiger partial charge in [-0.3, -0.25) is 19.2 Å². The van der Waals surface area contributed by atoms with Gasteiger partial charge < -0.3 is 14.5 Å². The zero-order valence-electron chi connectivity index (χ0n) is 19.2. The van der Waals surface area contributed by atoms with Crippen LogP contribution in [0.2, 0.25) is 0 Å². The normalized spacial score (nSPS) is 17.2. The third kappa shape index (κ3) is 3.95. The summed E-state index contributed by atoms with van der Waals surface area (Å²) in [5.74, 6) is -0.251. The summed E-state index contributed by atoms with van der Waals surface area (Å²) in [5.41, 5.74) is 0.502. The number of methoxy groups -OCH3 is 1. The highest BCUT2D eigenvalue weighted by atomic mass is 19.1. The van der Waals surface area contributed by atoms with Gasteiger partial charge in [-0.25, -0.2) is 4.39 Å². The summed E-state index contributed by atoms with van der Waals surface area (Å²) in [6, 6.07) is 18.2. The molecule has 1 aliphatic heterocycles. The highest BCUT2D eigenvalue weighted by Crippen LogP contribution is 2.38. The van der Waals surface area contributed by atoms with Crippen molar-refractivity contribution < 1.29 is 23.1 Å². The lowest BCUT2D eigenvalue weighted by atomic mass is 9.93. The van der Waals surface area contributed by atoms with Gasteiger partial charge in [-0.15, -0.1) is 0 Å². The highest BCUT2D eigenvalue weighted by Gasteiger charge is 2.49. The van der Waals surface area contributed by atoms with Crippen molar-refractivity contribution in [2.45, 2.75) is 25.6 Å². The fourth-order valence-corrected chi connectivity index (χ4v) is 4.34. The van der Waals surface area contributed by atoms with Crippen molar-refractivity contribution in [3.05, 3.63) is 90.1 Å². The van der Waals surface area contributed by atoms with Crippen LogP contribution in [0.4, 0.5) is 10.1 Å². The first-order valence-corrected chi connectivity index (χ1v) is 11.0. The first-order chi connectivity index (χ1) is 16.9. The van der Waals surface area contributed by atoms with Gasteiger partial charge in [0.15, 0.2) is 5.76 Å². The Bertz CT molecular complexity index is 1400. The van der Waals surface area contributed by atoms with Gasteiger partial charge in [0.1, 0.15) is 28.5 Å². The molecule has 5 rings (SSSR count). The van der Waals surface area contributed by atoms with Crippen LogP contribution in [0.15, 0.2) is 77.4 Å². The van der Waals surface area contributed by atoms with E-state index in [2.05, 4.69) is 10.4 Å². The Morgan fingerprint density at radius 2 is 2.00 bits per heavy atom. The molecule has 178 valence electrons. The van der Waals surface area contributed by atoms with Crippen molar-refractivity contribution >= 4 is 17.5 Å². The molecule has 0 unspecified atom stereocenters. The van der Waals surface area contributed by atoms with E-state index in [0.717, 1.165) is 0 Å². The van der Waals surface area contributed by atoms with Gasteiger partial charge in [0, 0.05) is 12.6 Å². The van der Waals surface area contributed by atoms with Crippen molar-refractivity contribution in [2.75, 3.05) is 12.0 Å². The van der Waals surface area contributed by atoms with Gasteiger partial charge >= 0.3 is 0 Å².